The van der Waals surface area contributed by atoms with Crippen molar-refractivity contribution in [1.29, 1.82) is 0 Å². The van der Waals surface area contributed by atoms with E-state index in [0.717, 1.165) is 18.0 Å². The van der Waals surface area contributed by atoms with Crippen LogP contribution in [0.5, 0.6) is 5.75 Å². The van der Waals surface area contributed by atoms with Crippen LogP contribution in [0.2, 0.25) is 0 Å². The summed E-state index contributed by atoms with van der Waals surface area (Å²) in [6.07, 6.45) is 3.92. The molecule has 1 saturated carbocycles. The number of aromatic hydroxyl groups is 1. The summed E-state index contributed by atoms with van der Waals surface area (Å²) < 4.78 is 1.90. The van der Waals surface area contributed by atoms with Gasteiger partial charge in [0.05, 0.1) is 5.52 Å². The Kier molecular flexibility index (Phi) is 1.87. The van der Waals surface area contributed by atoms with E-state index in [1.807, 2.05) is 16.8 Å². The smallest absolute Gasteiger partial charge is 0.154 e. The van der Waals surface area contributed by atoms with Crippen LogP contribution in [0, 0.1) is 5.92 Å². The Hall–Kier alpha value is -1.58. The molecule has 3 rings (SSSR count). The molecule has 0 radical (unpaired) electrons. The number of fused-ring (bicyclic) bond motifs is 1. The zero-order chi connectivity index (χ0) is 10.3. The summed E-state index contributed by atoms with van der Waals surface area (Å²) in [5.41, 5.74) is 1.54. The maximum absolute atomic E-state index is 9.57. The molecule has 78 valence electrons. The lowest BCUT2D eigenvalue weighted by Crippen LogP contribution is -2.18. The topological polar surface area (TPSA) is 50.9 Å². The van der Waals surface area contributed by atoms with Crippen LogP contribution in [0.4, 0.5) is 0 Å². The van der Waals surface area contributed by atoms with Crippen molar-refractivity contribution in [3.8, 4) is 5.75 Å². The van der Waals surface area contributed by atoms with Crippen molar-refractivity contribution in [2.45, 2.75) is 25.8 Å². The van der Waals surface area contributed by atoms with Crippen LogP contribution in [0.3, 0.4) is 0 Å². The van der Waals surface area contributed by atoms with E-state index in [9.17, 15) is 5.11 Å². The van der Waals surface area contributed by atoms with E-state index in [4.69, 9.17) is 0 Å². The van der Waals surface area contributed by atoms with Crippen molar-refractivity contribution in [3.63, 3.8) is 0 Å². The number of hydrogen-bond donors (Lipinski definition) is 1. The lowest BCUT2D eigenvalue weighted by atomic mass is 9.85. The quantitative estimate of drug-likeness (QED) is 0.811. The molecule has 1 aliphatic rings. The second-order valence-corrected chi connectivity index (χ2v) is 4.21. The molecule has 0 atom stereocenters. The number of nitrogens with zero attached hydrogens (tertiary/aromatic N) is 3. The van der Waals surface area contributed by atoms with Crippen molar-refractivity contribution in [2.75, 3.05) is 0 Å². The molecular formula is C11H13N3O. The molecule has 1 aromatic carbocycles. The molecule has 1 heterocycles. The minimum absolute atomic E-state index is 0.215. The van der Waals surface area contributed by atoms with Gasteiger partial charge in [0.2, 0.25) is 0 Å². The van der Waals surface area contributed by atoms with Gasteiger partial charge in [-0.25, -0.2) is 4.68 Å². The fourth-order valence-corrected chi connectivity index (χ4v) is 2.03. The van der Waals surface area contributed by atoms with Gasteiger partial charge in [-0.1, -0.05) is 17.7 Å². The first-order valence-electron chi connectivity index (χ1n) is 5.36. The van der Waals surface area contributed by atoms with Gasteiger partial charge >= 0.3 is 0 Å². The normalized spacial score (nSPS) is 16.8. The first kappa shape index (κ1) is 8.71. The third-order valence-electron chi connectivity index (χ3n) is 3.18. The standard InChI is InChI=1S/C11H13N3O/c15-10-6-2-5-9-11(10)12-13-14(9)7-8-3-1-4-8/h2,5-6,8,15H,1,3-4,7H2. The van der Waals surface area contributed by atoms with Crippen molar-refractivity contribution in [3.05, 3.63) is 18.2 Å². The number of phenolic OH excluding ortho intramolecular Hbond substituents is 1. The fourth-order valence-electron chi connectivity index (χ4n) is 2.03. The molecule has 0 amide bonds. The number of rotatable bonds is 2. The first-order chi connectivity index (χ1) is 7.34. The maximum atomic E-state index is 9.57. The summed E-state index contributed by atoms with van der Waals surface area (Å²) >= 11 is 0. The average molecular weight is 203 g/mol. The largest absolute Gasteiger partial charge is 0.506 e. The van der Waals surface area contributed by atoms with Gasteiger partial charge < -0.3 is 5.11 Å². The van der Waals surface area contributed by atoms with Crippen LogP contribution in [-0.4, -0.2) is 20.1 Å². The Morgan fingerprint density at radius 3 is 3.00 bits per heavy atom. The molecule has 1 aromatic heterocycles. The second kappa shape index (κ2) is 3.22. The molecule has 0 bridgehead atoms. The fraction of sp³-hybridized carbons (Fsp3) is 0.455. The van der Waals surface area contributed by atoms with Crippen molar-refractivity contribution >= 4 is 11.0 Å². The molecule has 4 heteroatoms. The van der Waals surface area contributed by atoms with Crippen LogP contribution >= 0.6 is 0 Å². The number of hydrogen-bond acceptors (Lipinski definition) is 3. The van der Waals surface area contributed by atoms with Gasteiger partial charge in [0.25, 0.3) is 0 Å². The summed E-state index contributed by atoms with van der Waals surface area (Å²) in [5, 5.41) is 17.7. The van der Waals surface area contributed by atoms with E-state index in [1.54, 1.807) is 6.07 Å². The highest BCUT2D eigenvalue weighted by atomic mass is 16.3. The van der Waals surface area contributed by atoms with Crippen LogP contribution in [0.15, 0.2) is 18.2 Å². The van der Waals surface area contributed by atoms with Gasteiger partial charge in [-0.3, -0.25) is 0 Å². The Morgan fingerprint density at radius 2 is 2.27 bits per heavy atom. The van der Waals surface area contributed by atoms with Gasteiger partial charge in [0, 0.05) is 6.54 Å². The molecule has 1 fully saturated rings. The maximum Gasteiger partial charge on any atom is 0.154 e. The lowest BCUT2D eigenvalue weighted by Gasteiger charge is -2.24. The molecule has 1 N–H and O–H groups in total. The molecule has 2 aromatic rings. The molecule has 0 unspecified atom stereocenters. The van der Waals surface area contributed by atoms with Gasteiger partial charge in [0.1, 0.15) is 5.75 Å². The molecular weight excluding hydrogens is 190 g/mol. The molecule has 4 nitrogen and oxygen atoms in total. The van der Waals surface area contributed by atoms with Gasteiger partial charge in [-0.2, -0.15) is 0 Å². The molecule has 0 spiro atoms. The van der Waals surface area contributed by atoms with E-state index in [-0.39, 0.29) is 5.75 Å². The molecule has 15 heavy (non-hydrogen) atoms. The SMILES string of the molecule is Oc1cccc2c1nnn2CC1CCC1. The predicted octanol–water partition coefficient (Wildman–Crippen LogP) is 1.94. The third kappa shape index (κ3) is 1.37. The van der Waals surface area contributed by atoms with Gasteiger partial charge in [0.15, 0.2) is 5.52 Å². The van der Waals surface area contributed by atoms with Crippen molar-refractivity contribution in [1.82, 2.24) is 15.0 Å². The van der Waals surface area contributed by atoms with E-state index in [2.05, 4.69) is 10.3 Å². The van der Waals surface area contributed by atoms with Gasteiger partial charge in [-0.05, 0) is 30.9 Å². The number of phenols is 1. The first-order valence-corrected chi connectivity index (χ1v) is 5.36. The van der Waals surface area contributed by atoms with E-state index < -0.39 is 0 Å². The summed E-state index contributed by atoms with van der Waals surface area (Å²) in [4.78, 5) is 0. The number of aromatic nitrogens is 3. The monoisotopic (exact) mass is 203 g/mol. The van der Waals surface area contributed by atoms with Crippen LogP contribution < -0.4 is 0 Å². The van der Waals surface area contributed by atoms with Crippen LogP contribution in [-0.2, 0) is 6.54 Å². The average Bonchev–Trinajstić information content (AvgIpc) is 2.56. The highest BCUT2D eigenvalue weighted by Gasteiger charge is 2.19. The van der Waals surface area contributed by atoms with Crippen molar-refractivity contribution < 1.29 is 5.11 Å². The third-order valence-corrected chi connectivity index (χ3v) is 3.18. The van der Waals surface area contributed by atoms with Crippen LogP contribution in [0.1, 0.15) is 19.3 Å². The lowest BCUT2D eigenvalue weighted by molar-refractivity contribution is 0.268. The van der Waals surface area contributed by atoms with Crippen LogP contribution in [0.25, 0.3) is 11.0 Å². The predicted molar refractivity (Wildman–Crippen MR) is 56.5 cm³/mol. The summed E-state index contributed by atoms with van der Waals surface area (Å²) in [7, 11) is 0. The van der Waals surface area contributed by atoms with Crippen molar-refractivity contribution in [2.24, 2.45) is 5.92 Å². The zero-order valence-corrected chi connectivity index (χ0v) is 8.43. The molecule has 0 aliphatic heterocycles. The Balaban J connectivity index is 2.00. The summed E-state index contributed by atoms with van der Waals surface area (Å²) in [6.45, 7) is 0.931. The second-order valence-electron chi connectivity index (χ2n) is 4.21. The zero-order valence-electron chi connectivity index (χ0n) is 8.43. The minimum atomic E-state index is 0.215. The minimum Gasteiger partial charge on any atom is -0.506 e. The molecule has 1 aliphatic carbocycles. The highest BCUT2D eigenvalue weighted by molar-refractivity contribution is 5.80. The Bertz CT molecular complexity index is 488. The highest BCUT2D eigenvalue weighted by Crippen LogP contribution is 2.29. The van der Waals surface area contributed by atoms with Gasteiger partial charge in [-0.15, -0.1) is 5.10 Å². The van der Waals surface area contributed by atoms with E-state index in [0.29, 0.717) is 5.52 Å². The summed E-state index contributed by atoms with van der Waals surface area (Å²) in [6, 6.07) is 5.43. The molecule has 0 saturated heterocycles. The Labute approximate surface area is 87.5 Å². The van der Waals surface area contributed by atoms with E-state index >= 15 is 0 Å². The summed E-state index contributed by atoms with van der Waals surface area (Å²) in [5.74, 6) is 0.963. The van der Waals surface area contributed by atoms with E-state index in [1.165, 1.54) is 19.3 Å². The number of benzene rings is 1. The Morgan fingerprint density at radius 1 is 1.40 bits per heavy atom.